The third kappa shape index (κ3) is 3.27. The summed E-state index contributed by atoms with van der Waals surface area (Å²) in [5.41, 5.74) is 3.86. The Balaban J connectivity index is 2.08. The fourth-order valence-corrected chi connectivity index (χ4v) is 2.50. The largest absolute Gasteiger partial charge is 0.466 e. The highest BCUT2D eigenvalue weighted by molar-refractivity contribution is 5.26. The van der Waals surface area contributed by atoms with Crippen molar-refractivity contribution < 1.29 is 4.42 Å². The summed E-state index contributed by atoms with van der Waals surface area (Å²) < 4.78 is 5.60. The maximum Gasteiger partial charge on any atom is 0.105 e. The molecule has 1 aromatic carbocycles. The summed E-state index contributed by atoms with van der Waals surface area (Å²) in [5.74, 6) is 1.98. The first kappa shape index (κ1) is 13.9. The zero-order valence-corrected chi connectivity index (χ0v) is 12.4. The van der Waals surface area contributed by atoms with Gasteiger partial charge in [-0.05, 0) is 46.2 Å². The minimum Gasteiger partial charge on any atom is -0.466 e. The average molecular weight is 257 g/mol. The summed E-state index contributed by atoms with van der Waals surface area (Å²) in [6.07, 6.45) is 0. The molecule has 0 radical (unpaired) electrons. The molecule has 2 aromatic rings. The van der Waals surface area contributed by atoms with Crippen LogP contribution in [-0.2, 0) is 0 Å². The van der Waals surface area contributed by atoms with E-state index in [1.807, 2.05) is 13.8 Å². The zero-order valence-electron chi connectivity index (χ0n) is 12.4. The van der Waals surface area contributed by atoms with Gasteiger partial charge in [-0.3, -0.25) is 0 Å². The molecule has 0 aliphatic heterocycles. The predicted molar refractivity (Wildman–Crippen MR) is 79.3 cm³/mol. The molecule has 1 aromatic heterocycles. The first-order chi connectivity index (χ1) is 8.97. The van der Waals surface area contributed by atoms with Crippen LogP contribution in [0.4, 0.5) is 0 Å². The second-order valence-corrected chi connectivity index (χ2v) is 5.39. The van der Waals surface area contributed by atoms with E-state index in [0.717, 1.165) is 11.5 Å². The molecular weight excluding hydrogens is 234 g/mol. The Labute approximate surface area is 115 Å². The van der Waals surface area contributed by atoms with Crippen LogP contribution in [-0.4, -0.2) is 0 Å². The van der Waals surface area contributed by atoms with Crippen LogP contribution in [0.3, 0.4) is 0 Å². The number of hydrogen-bond acceptors (Lipinski definition) is 2. The van der Waals surface area contributed by atoms with E-state index in [-0.39, 0.29) is 6.04 Å². The van der Waals surface area contributed by atoms with Crippen LogP contribution < -0.4 is 5.32 Å². The van der Waals surface area contributed by atoms with E-state index in [4.69, 9.17) is 4.42 Å². The molecular formula is C17H23NO. The van der Waals surface area contributed by atoms with E-state index in [1.54, 1.807) is 0 Å². The third-order valence-corrected chi connectivity index (χ3v) is 3.62. The van der Waals surface area contributed by atoms with Crippen LogP contribution >= 0.6 is 0 Å². The van der Waals surface area contributed by atoms with Gasteiger partial charge in [0.15, 0.2) is 0 Å². The summed E-state index contributed by atoms with van der Waals surface area (Å²) in [6.45, 7) is 10.5. The van der Waals surface area contributed by atoms with E-state index in [9.17, 15) is 0 Å². The zero-order chi connectivity index (χ0) is 14.0. The number of furan rings is 1. The van der Waals surface area contributed by atoms with Gasteiger partial charge in [0.1, 0.15) is 11.5 Å². The molecule has 0 spiro atoms. The highest BCUT2D eigenvalue weighted by atomic mass is 16.3. The van der Waals surface area contributed by atoms with E-state index in [2.05, 4.69) is 56.4 Å². The molecule has 0 saturated carbocycles. The average Bonchev–Trinajstić information content (AvgIpc) is 2.69. The molecule has 2 rings (SSSR count). The van der Waals surface area contributed by atoms with Crippen LogP contribution in [0.25, 0.3) is 0 Å². The summed E-state index contributed by atoms with van der Waals surface area (Å²) >= 11 is 0. The summed E-state index contributed by atoms with van der Waals surface area (Å²) in [5, 5.41) is 3.63. The molecule has 2 heteroatoms. The molecule has 102 valence electrons. The molecule has 19 heavy (non-hydrogen) atoms. The molecule has 2 unspecified atom stereocenters. The lowest BCUT2D eigenvalue weighted by atomic mass is 10.0. The highest BCUT2D eigenvalue weighted by Crippen LogP contribution is 2.24. The standard InChI is InChI=1S/C17H23NO/c1-11-6-8-16(9-7-11)13(3)18-14(4)17-10-12(2)19-15(17)5/h6-10,13-14,18H,1-5H3. The van der Waals surface area contributed by atoms with Crippen molar-refractivity contribution in [1.29, 1.82) is 0 Å². The van der Waals surface area contributed by atoms with Gasteiger partial charge in [0.2, 0.25) is 0 Å². The smallest absolute Gasteiger partial charge is 0.105 e. The molecule has 0 aliphatic carbocycles. The van der Waals surface area contributed by atoms with Crippen molar-refractivity contribution in [2.24, 2.45) is 0 Å². The summed E-state index contributed by atoms with van der Waals surface area (Å²) in [6, 6.07) is 11.4. The fourth-order valence-electron chi connectivity index (χ4n) is 2.50. The van der Waals surface area contributed by atoms with Crippen LogP contribution in [0.1, 0.15) is 54.1 Å². The van der Waals surface area contributed by atoms with E-state index >= 15 is 0 Å². The molecule has 0 bridgehead atoms. The highest BCUT2D eigenvalue weighted by Gasteiger charge is 2.15. The Morgan fingerprint density at radius 3 is 2.11 bits per heavy atom. The first-order valence-corrected chi connectivity index (χ1v) is 6.87. The Morgan fingerprint density at radius 1 is 0.947 bits per heavy atom. The van der Waals surface area contributed by atoms with Crippen LogP contribution in [0.15, 0.2) is 34.7 Å². The Hall–Kier alpha value is -1.54. The molecule has 1 heterocycles. The van der Waals surface area contributed by atoms with Crippen LogP contribution in [0.5, 0.6) is 0 Å². The van der Waals surface area contributed by atoms with Gasteiger partial charge in [-0.25, -0.2) is 0 Å². The van der Waals surface area contributed by atoms with Gasteiger partial charge >= 0.3 is 0 Å². The van der Waals surface area contributed by atoms with Crippen molar-refractivity contribution in [3.8, 4) is 0 Å². The van der Waals surface area contributed by atoms with Crippen molar-refractivity contribution in [2.75, 3.05) is 0 Å². The lowest BCUT2D eigenvalue weighted by molar-refractivity contribution is 0.469. The number of nitrogens with one attached hydrogen (secondary N) is 1. The topological polar surface area (TPSA) is 25.2 Å². The second kappa shape index (κ2) is 5.62. The molecule has 2 atom stereocenters. The SMILES string of the molecule is Cc1ccc(C(C)NC(C)c2cc(C)oc2C)cc1. The molecule has 2 nitrogen and oxygen atoms in total. The maximum absolute atomic E-state index is 5.60. The van der Waals surface area contributed by atoms with Gasteiger partial charge in [-0.2, -0.15) is 0 Å². The van der Waals surface area contributed by atoms with E-state index in [0.29, 0.717) is 6.04 Å². The fraction of sp³-hybridized carbons (Fsp3) is 0.412. The number of rotatable bonds is 4. The Bertz CT molecular complexity index is 539. The molecule has 1 N–H and O–H groups in total. The quantitative estimate of drug-likeness (QED) is 0.864. The van der Waals surface area contributed by atoms with Gasteiger partial charge < -0.3 is 9.73 Å². The number of benzene rings is 1. The van der Waals surface area contributed by atoms with Crippen molar-refractivity contribution in [1.82, 2.24) is 5.32 Å². The van der Waals surface area contributed by atoms with Gasteiger partial charge in [-0.1, -0.05) is 29.8 Å². The maximum atomic E-state index is 5.60. The minimum absolute atomic E-state index is 0.286. The molecule has 0 fully saturated rings. The van der Waals surface area contributed by atoms with E-state index < -0.39 is 0 Å². The van der Waals surface area contributed by atoms with Gasteiger partial charge in [0, 0.05) is 17.6 Å². The van der Waals surface area contributed by atoms with Gasteiger partial charge in [0.25, 0.3) is 0 Å². The van der Waals surface area contributed by atoms with Gasteiger partial charge in [0.05, 0.1) is 0 Å². The Kier molecular flexibility index (Phi) is 4.11. The van der Waals surface area contributed by atoms with Crippen LogP contribution in [0.2, 0.25) is 0 Å². The van der Waals surface area contributed by atoms with Crippen molar-refractivity contribution >= 4 is 0 Å². The number of aryl methyl sites for hydroxylation is 3. The number of hydrogen-bond donors (Lipinski definition) is 1. The molecule has 0 aliphatic rings. The lowest BCUT2D eigenvalue weighted by Gasteiger charge is -2.20. The van der Waals surface area contributed by atoms with Crippen LogP contribution in [0, 0.1) is 20.8 Å². The summed E-state index contributed by atoms with van der Waals surface area (Å²) in [4.78, 5) is 0. The van der Waals surface area contributed by atoms with Crippen molar-refractivity contribution in [3.05, 3.63) is 58.5 Å². The van der Waals surface area contributed by atoms with Gasteiger partial charge in [-0.15, -0.1) is 0 Å². The second-order valence-electron chi connectivity index (χ2n) is 5.39. The monoisotopic (exact) mass is 257 g/mol. The third-order valence-electron chi connectivity index (χ3n) is 3.62. The first-order valence-electron chi connectivity index (χ1n) is 6.87. The lowest BCUT2D eigenvalue weighted by Crippen LogP contribution is -2.22. The van der Waals surface area contributed by atoms with Crippen molar-refractivity contribution in [2.45, 2.75) is 46.7 Å². The molecule has 0 saturated heterocycles. The molecule has 0 amide bonds. The Morgan fingerprint density at radius 2 is 1.58 bits per heavy atom. The predicted octanol–water partition coefficient (Wildman–Crippen LogP) is 4.62. The van der Waals surface area contributed by atoms with Crippen molar-refractivity contribution in [3.63, 3.8) is 0 Å². The summed E-state index contributed by atoms with van der Waals surface area (Å²) in [7, 11) is 0. The van der Waals surface area contributed by atoms with E-state index in [1.165, 1.54) is 16.7 Å². The normalized spacial score (nSPS) is 14.4. The minimum atomic E-state index is 0.286.